The van der Waals surface area contributed by atoms with Crippen LogP contribution < -0.4 is 5.73 Å². The van der Waals surface area contributed by atoms with Gasteiger partial charge in [-0.05, 0) is 30.0 Å². The van der Waals surface area contributed by atoms with Crippen molar-refractivity contribution in [1.29, 1.82) is 0 Å². The molecule has 78 valence electrons. The quantitative estimate of drug-likeness (QED) is 0.804. The van der Waals surface area contributed by atoms with E-state index in [9.17, 15) is 4.39 Å². The van der Waals surface area contributed by atoms with Gasteiger partial charge in [-0.2, -0.15) is 0 Å². The van der Waals surface area contributed by atoms with Gasteiger partial charge in [-0.25, -0.2) is 4.39 Å². The highest BCUT2D eigenvalue weighted by molar-refractivity contribution is 6.31. The maximum atomic E-state index is 13.1. The van der Waals surface area contributed by atoms with Crippen molar-refractivity contribution in [2.75, 3.05) is 0 Å². The van der Waals surface area contributed by atoms with Crippen LogP contribution in [-0.2, 0) is 0 Å². The van der Waals surface area contributed by atoms with Crippen molar-refractivity contribution in [3.05, 3.63) is 34.1 Å². The van der Waals surface area contributed by atoms with Crippen LogP contribution in [0.1, 0.15) is 31.0 Å². The molecule has 0 aliphatic carbocycles. The summed E-state index contributed by atoms with van der Waals surface area (Å²) in [6, 6.07) is 2.92. The molecule has 1 aromatic rings. The van der Waals surface area contributed by atoms with Crippen LogP contribution in [-0.4, -0.2) is 0 Å². The number of rotatable bonds is 2. The van der Waals surface area contributed by atoms with Crippen LogP contribution in [0.15, 0.2) is 12.1 Å². The Kier molecular flexibility index (Phi) is 3.51. The van der Waals surface area contributed by atoms with Crippen molar-refractivity contribution in [1.82, 2.24) is 0 Å². The summed E-state index contributed by atoms with van der Waals surface area (Å²) in [4.78, 5) is 0. The van der Waals surface area contributed by atoms with Gasteiger partial charge in [0, 0.05) is 11.1 Å². The predicted molar refractivity (Wildman–Crippen MR) is 57.9 cm³/mol. The first-order valence-corrected chi connectivity index (χ1v) is 5.02. The van der Waals surface area contributed by atoms with E-state index in [2.05, 4.69) is 0 Å². The van der Waals surface area contributed by atoms with E-state index in [1.807, 2.05) is 13.8 Å². The Morgan fingerprint density at radius 2 is 1.93 bits per heavy atom. The molecule has 2 N–H and O–H groups in total. The van der Waals surface area contributed by atoms with Gasteiger partial charge in [-0.15, -0.1) is 0 Å². The number of hydrogen-bond donors (Lipinski definition) is 1. The second kappa shape index (κ2) is 4.28. The SMILES string of the molecule is Cc1cc(C(N)C(C)C)c(Cl)cc1F. The van der Waals surface area contributed by atoms with Crippen molar-refractivity contribution in [2.24, 2.45) is 11.7 Å². The number of hydrogen-bond acceptors (Lipinski definition) is 1. The fourth-order valence-electron chi connectivity index (χ4n) is 1.29. The summed E-state index contributed by atoms with van der Waals surface area (Å²) >= 11 is 5.92. The third kappa shape index (κ3) is 2.25. The minimum Gasteiger partial charge on any atom is -0.324 e. The standard InChI is InChI=1S/C11H15ClFN/c1-6(2)11(14)8-4-7(3)10(13)5-9(8)12/h4-6,11H,14H2,1-3H3. The van der Waals surface area contributed by atoms with E-state index in [1.165, 1.54) is 6.07 Å². The fourth-order valence-corrected chi connectivity index (χ4v) is 1.57. The highest BCUT2D eigenvalue weighted by Crippen LogP contribution is 2.28. The maximum absolute atomic E-state index is 13.1. The van der Waals surface area contributed by atoms with E-state index < -0.39 is 0 Å². The highest BCUT2D eigenvalue weighted by atomic mass is 35.5. The van der Waals surface area contributed by atoms with Crippen molar-refractivity contribution < 1.29 is 4.39 Å². The first kappa shape index (κ1) is 11.5. The van der Waals surface area contributed by atoms with Crippen LogP contribution in [0.25, 0.3) is 0 Å². The van der Waals surface area contributed by atoms with Crippen molar-refractivity contribution in [2.45, 2.75) is 26.8 Å². The lowest BCUT2D eigenvalue weighted by Crippen LogP contribution is -2.17. The summed E-state index contributed by atoms with van der Waals surface area (Å²) in [5.41, 5.74) is 7.35. The third-order valence-corrected chi connectivity index (χ3v) is 2.68. The molecule has 0 spiro atoms. The molecule has 0 radical (unpaired) electrons. The molecule has 0 aliphatic heterocycles. The Morgan fingerprint density at radius 1 is 1.36 bits per heavy atom. The second-order valence-electron chi connectivity index (χ2n) is 3.89. The molecule has 14 heavy (non-hydrogen) atoms. The van der Waals surface area contributed by atoms with Crippen LogP contribution in [0.4, 0.5) is 4.39 Å². The molecule has 0 amide bonds. The van der Waals surface area contributed by atoms with Gasteiger partial charge in [-0.1, -0.05) is 31.5 Å². The molecule has 0 bridgehead atoms. The van der Waals surface area contributed by atoms with E-state index in [4.69, 9.17) is 17.3 Å². The molecule has 3 heteroatoms. The first-order valence-electron chi connectivity index (χ1n) is 4.64. The zero-order chi connectivity index (χ0) is 10.9. The van der Waals surface area contributed by atoms with E-state index in [1.54, 1.807) is 13.0 Å². The highest BCUT2D eigenvalue weighted by Gasteiger charge is 2.15. The van der Waals surface area contributed by atoms with Gasteiger partial charge in [-0.3, -0.25) is 0 Å². The molecule has 1 nitrogen and oxygen atoms in total. The molecule has 0 saturated carbocycles. The van der Waals surface area contributed by atoms with Crippen LogP contribution in [0.5, 0.6) is 0 Å². The van der Waals surface area contributed by atoms with Crippen molar-refractivity contribution >= 4 is 11.6 Å². The Balaban J connectivity index is 3.15. The van der Waals surface area contributed by atoms with Gasteiger partial charge in [0.1, 0.15) is 5.82 Å². The van der Waals surface area contributed by atoms with Crippen LogP contribution in [0.2, 0.25) is 5.02 Å². The smallest absolute Gasteiger partial charge is 0.127 e. The average molecular weight is 216 g/mol. The van der Waals surface area contributed by atoms with Gasteiger partial charge < -0.3 is 5.73 Å². The summed E-state index contributed by atoms with van der Waals surface area (Å²) in [6.45, 7) is 5.74. The van der Waals surface area contributed by atoms with E-state index in [-0.39, 0.29) is 17.8 Å². The van der Waals surface area contributed by atoms with Gasteiger partial charge >= 0.3 is 0 Å². The molecule has 1 aromatic carbocycles. The minimum absolute atomic E-state index is 0.137. The van der Waals surface area contributed by atoms with Crippen LogP contribution >= 0.6 is 11.6 Å². The van der Waals surface area contributed by atoms with E-state index >= 15 is 0 Å². The van der Waals surface area contributed by atoms with Crippen molar-refractivity contribution in [3.63, 3.8) is 0 Å². The lowest BCUT2D eigenvalue weighted by Gasteiger charge is -2.18. The van der Waals surface area contributed by atoms with Gasteiger partial charge in [0.15, 0.2) is 0 Å². The Hall–Kier alpha value is -0.600. The van der Waals surface area contributed by atoms with E-state index in [0.717, 1.165) is 5.56 Å². The first-order chi connectivity index (χ1) is 6.43. The topological polar surface area (TPSA) is 26.0 Å². The molecule has 0 saturated heterocycles. The monoisotopic (exact) mass is 215 g/mol. The fraction of sp³-hybridized carbons (Fsp3) is 0.455. The zero-order valence-electron chi connectivity index (χ0n) is 8.64. The van der Waals surface area contributed by atoms with Crippen molar-refractivity contribution in [3.8, 4) is 0 Å². The molecular weight excluding hydrogens is 201 g/mol. The second-order valence-corrected chi connectivity index (χ2v) is 4.30. The van der Waals surface area contributed by atoms with E-state index in [0.29, 0.717) is 10.6 Å². The minimum atomic E-state index is -0.283. The summed E-state index contributed by atoms with van der Waals surface area (Å²) < 4.78 is 13.1. The Morgan fingerprint density at radius 3 is 2.43 bits per heavy atom. The Bertz CT molecular complexity index is 336. The predicted octanol–water partition coefficient (Wildman–Crippen LogP) is 3.44. The summed E-state index contributed by atoms with van der Waals surface area (Å²) in [5, 5.41) is 0.411. The molecule has 1 rings (SSSR count). The van der Waals surface area contributed by atoms with Crippen LogP contribution in [0, 0.1) is 18.7 Å². The Labute approximate surface area is 89.1 Å². The normalized spacial score (nSPS) is 13.4. The number of benzene rings is 1. The molecule has 0 fully saturated rings. The lowest BCUT2D eigenvalue weighted by atomic mass is 9.95. The molecule has 0 aliphatic rings. The number of halogens is 2. The number of aryl methyl sites for hydroxylation is 1. The van der Waals surface area contributed by atoms with Gasteiger partial charge in [0.25, 0.3) is 0 Å². The summed E-state index contributed by atoms with van der Waals surface area (Å²) in [6.07, 6.45) is 0. The molecule has 0 heterocycles. The zero-order valence-corrected chi connectivity index (χ0v) is 9.40. The van der Waals surface area contributed by atoms with Gasteiger partial charge in [0.2, 0.25) is 0 Å². The third-order valence-electron chi connectivity index (χ3n) is 2.36. The summed E-state index contributed by atoms with van der Waals surface area (Å²) in [7, 11) is 0. The number of nitrogens with two attached hydrogens (primary N) is 1. The largest absolute Gasteiger partial charge is 0.324 e. The molecular formula is C11H15ClFN. The lowest BCUT2D eigenvalue weighted by molar-refractivity contribution is 0.512. The van der Waals surface area contributed by atoms with Gasteiger partial charge in [0.05, 0.1) is 0 Å². The van der Waals surface area contributed by atoms with Crippen LogP contribution in [0.3, 0.4) is 0 Å². The summed E-state index contributed by atoms with van der Waals surface area (Å²) in [5.74, 6) is 0.00654. The molecule has 1 atom stereocenters. The maximum Gasteiger partial charge on any atom is 0.127 e. The molecule has 0 aromatic heterocycles. The average Bonchev–Trinajstić information content (AvgIpc) is 2.10. The molecule has 1 unspecified atom stereocenters.